The standard InChI is InChI=1S/C14H18NO2S2/c1-3-4-9-17-13(16)10-18-14-15(2)11-7-5-6-8-12(11)19-14/h5-8H,3-4,9-10H2,1-2H3/q+1. The van der Waals surface area contributed by atoms with Gasteiger partial charge in [-0.05, 0) is 24.2 Å². The van der Waals surface area contributed by atoms with Gasteiger partial charge in [0.25, 0.3) is 4.34 Å². The molecule has 2 rings (SSSR count). The van der Waals surface area contributed by atoms with Crippen molar-refractivity contribution in [2.24, 2.45) is 7.05 Å². The highest BCUT2D eigenvalue weighted by molar-refractivity contribution is 8.01. The summed E-state index contributed by atoms with van der Waals surface area (Å²) in [6.07, 6.45) is 1.98. The zero-order valence-corrected chi connectivity index (χ0v) is 12.9. The molecule has 0 saturated heterocycles. The molecule has 3 nitrogen and oxygen atoms in total. The second-order valence-electron chi connectivity index (χ2n) is 4.26. The number of thioether (sulfide) groups is 1. The summed E-state index contributed by atoms with van der Waals surface area (Å²) in [6.45, 7) is 2.62. The predicted molar refractivity (Wildman–Crippen MR) is 79.6 cm³/mol. The average Bonchev–Trinajstić information content (AvgIpc) is 2.74. The second kappa shape index (κ2) is 6.91. The Balaban J connectivity index is 1.94. The van der Waals surface area contributed by atoms with Crippen LogP contribution in [0.15, 0.2) is 28.6 Å². The second-order valence-corrected chi connectivity index (χ2v) is 6.51. The highest BCUT2D eigenvalue weighted by Crippen LogP contribution is 2.27. The third kappa shape index (κ3) is 3.70. The monoisotopic (exact) mass is 296 g/mol. The van der Waals surface area contributed by atoms with Crippen molar-refractivity contribution >= 4 is 39.3 Å². The van der Waals surface area contributed by atoms with E-state index < -0.39 is 0 Å². The SMILES string of the molecule is CCCCOC(=O)CSc1sc2ccccc2[n+]1C. The van der Waals surface area contributed by atoms with Crippen LogP contribution in [-0.4, -0.2) is 18.3 Å². The van der Waals surface area contributed by atoms with Crippen LogP contribution >= 0.6 is 23.1 Å². The molecule has 102 valence electrons. The number of aryl methyl sites for hydroxylation is 1. The molecule has 0 spiro atoms. The van der Waals surface area contributed by atoms with Gasteiger partial charge >= 0.3 is 5.97 Å². The predicted octanol–water partition coefficient (Wildman–Crippen LogP) is 3.16. The normalized spacial score (nSPS) is 10.8. The lowest BCUT2D eigenvalue weighted by Crippen LogP contribution is -2.28. The molecule has 0 fully saturated rings. The third-order valence-electron chi connectivity index (χ3n) is 2.77. The Kier molecular flexibility index (Phi) is 5.22. The molecule has 1 heterocycles. The summed E-state index contributed by atoms with van der Waals surface area (Å²) in [6, 6.07) is 8.26. The number of fused-ring (bicyclic) bond motifs is 1. The summed E-state index contributed by atoms with van der Waals surface area (Å²) in [5.41, 5.74) is 1.20. The summed E-state index contributed by atoms with van der Waals surface area (Å²) in [5.74, 6) is 0.251. The number of para-hydroxylation sites is 1. The van der Waals surface area contributed by atoms with Gasteiger partial charge in [-0.25, -0.2) is 0 Å². The molecule has 0 atom stereocenters. The van der Waals surface area contributed by atoms with Crippen molar-refractivity contribution in [2.45, 2.75) is 24.1 Å². The van der Waals surface area contributed by atoms with E-state index in [9.17, 15) is 4.79 Å². The number of hydrogen-bond acceptors (Lipinski definition) is 4. The number of carbonyl (C=O) groups is 1. The number of nitrogens with zero attached hydrogens (tertiary/aromatic N) is 1. The minimum atomic E-state index is -0.129. The van der Waals surface area contributed by atoms with Crippen LogP contribution in [-0.2, 0) is 16.6 Å². The number of carbonyl (C=O) groups excluding carboxylic acids is 1. The van der Waals surface area contributed by atoms with Crippen molar-refractivity contribution in [2.75, 3.05) is 12.4 Å². The molecule has 0 aliphatic rings. The van der Waals surface area contributed by atoms with Crippen molar-refractivity contribution < 1.29 is 14.1 Å². The fourth-order valence-corrected chi connectivity index (χ4v) is 3.88. The van der Waals surface area contributed by atoms with E-state index in [2.05, 4.69) is 23.6 Å². The summed E-state index contributed by atoms with van der Waals surface area (Å²) < 4.78 is 9.66. The summed E-state index contributed by atoms with van der Waals surface area (Å²) in [5, 5.41) is 0. The van der Waals surface area contributed by atoms with E-state index in [1.54, 1.807) is 23.1 Å². The number of thiazole rings is 1. The molecule has 0 unspecified atom stereocenters. The van der Waals surface area contributed by atoms with Crippen LogP contribution in [0.25, 0.3) is 10.2 Å². The highest BCUT2D eigenvalue weighted by Gasteiger charge is 2.18. The summed E-state index contributed by atoms with van der Waals surface area (Å²) in [4.78, 5) is 11.6. The maximum absolute atomic E-state index is 11.6. The van der Waals surface area contributed by atoms with Crippen molar-refractivity contribution in [3.8, 4) is 0 Å². The molecule has 0 amide bonds. The van der Waals surface area contributed by atoms with Gasteiger partial charge in [-0.1, -0.05) is 36.8 Å². The van der Waals surface area contributed by atoms with Crippen LogP contribution in [0.5, 0.6) is 0 Å². The fraction of sp³-hybridized carbons (Fsp3) is 0.429. The first kappa shape index (κ1) is 14.3. The minimum absolute atomic E-state index is 0.129. The molecule has 1 aromatic carbocycles. The van der Waals surface area contributed by atoms with Gasteiger partial charge in [0.1, 0.15) is 17.5 Å². The number of benzene rings is 1. The van der Waals surface area contributed by atoms with E-state index in [1.807, 2.05) is 19.2 Å². The van der Waals surface area contributed by atoms with Crippen LogP contribution in [0, 0.1) is 0 Å². The van der Waals surface area contributed by atoms with Gasteiger partial charge in [0.2, 0.25) is 5.52 Å². The third-order valence-corrected chi connectivity index (χ3v) is 5.29. The van der Waals surface area contributed by atoms with Gasteiger partial charge in [-0.15, -0.1) is 0 Å². The van der Waals surface area contributed by atoms with Crippen molar-refractivity contribution in [3.05, 3.63) is 24.3 Å². The Labute approximate surface area is 121 Å². The first-order chi connectivity index (χ1) is 9.22. The Morgan fingerprint density at radius 1 is 1.42 bits per heavy atom. The maximum Gasteiger partial charge on any atom is 0.316 e. The molecule has 0 radical (unpaired) electrons. The molecule has 0 aliphatic heterocycles. The smallest absolute Gasteiger partial charge is 0.316 e. The number of rotatable bonds is 6. The highest BCUT2D eigenvalue weighted by atomic mass is 32.2. The average molecular weight is 296 g/mol. The largest absolute Gasteiger partial charge is 0.465 e. The van der Waals surface area contributed by atoms with E-state index in [-0.39, 0.29) is 5.97 Å². The molecule has 0 aliphatic carbocycles. The van der Waals surface area contributed by atoms with Gasteiger partial charge in [0, 0.05) is 6.07 Å². The van der Waals surface area contributed by atoms with Gasteiger partial charge in [-0.3, -0.25) is 4.79 Å². The van der Waals surface area contributed by atoms with Gasteiger partial charge in [0.05, 0.1) is 6.61 Å². The Morgan fingerprint density at radius 3 is 2.95 bits per heavy atom. The molecule has 0 N–H and O–H groups in total. The Bertz CT molecular complexity index is 566. The van der Waals surface area contributed by atoms with Crippen molar-refractivity contribution in [1.29, 1.82) is 0 Å². The van der Waals surface area contributed by atoms with E-state index in [4.69, 9.17) is 4.74 Å². The van der Waals surface area contributed by atoms with Crippen molar-refractivity contribution in [3.63, 3.8) is 0 Å². The number of ether oxygens (including phenoxy) is 1. The van der Waals surface area contributed by atoms with Crippen LogP contribution in [0.1, 0.15) is 19.8 Å². The summed E-state index contributed by atoms with van der Waals surface area (Å²) >= 11 is 3.26. The van der Waals surface area contributed by atoms with E-state index >= 15 is 0 Å². The van der Waals surface area contributed by atoms with Crippen LogP contribution in [0.3, 0.4) is 0 Å². The lowest BCUT2D eigenvalue weighted by Gasteiger charge is -2.01. The van der Waals surface area contributed by atoms with Crippen LogP contribution < -0.4 is 4.57 Å². The van der Waals surface area contributed by atoms with Gasteiger partial charge in [-0.2, -0.15) is 4.57 Å². The van der Waals surface area contributed by atoms with Gasteiger partial charge in [0.15, 0.2) is 0 Å². The molecular weight excluding hydrogens is 278 g/mol. The summed E-state index contributed by atoms with van der Waals surface area (Å²) in [7, 11) is 2.03. The van der Waals surface area contributed by atoms with Gasteiger partial charge < -0.3 is 4.74 Å². The maximum atomic E-state index is 11.6. The molecule has 1 aromatic heterocycles. The number of hydrogen-bond donors (Lipinski definition) is 0. The molecule has 5 heteroatoms. The fourth-order valence-electron chi connectivity index (χ4n) is 1.70. The molecular formula is C14H18NO2S2+. The van der Waals surface area contributed by atoms with E-state index in [0.717, 1.165) is 17.2 Å². The molecule has 2 aromatic rings. The number of aromatic nitrogens is 1. The Hall–Kier alpha value is -1.07. The van der Waals surface area contributed by atoms with Crippen LogP contribution in [0.4, 0.5) is 0 Å². The molecule has 0 bridgehead atoms. The van der Waals surface area contributed by atoms with E-state index in [0.29, 0.717) is 12.4 Å². The topological polar surface area (TPSA) is 30.2 Å². The number of esters is 1. The minimum Gasteiger partial charge on any atom is -0.465 e. The molecule has 0 saturated carbocycles. The van der Waals surface area contributed by atoms with E-state index in [1.165, 1.54) is 10.2 Å². The first-order valence-corrected chi connectivity index (χ1v) is 8.18. The Morgan fingerprint density at radius 2 is 2.21 bits per heavy atom. The zero-order chi connectivity index (χ0) is 13.7. The lowest BCUT2D eigenvalue weighted by molar-refractivity contribution is -0.676. The quantitative estimate of drug-likeness (QED) is 0.355. The number of unbranched alkanes of at least 4 members (excludes halogenated alkanes) is 1. The van der Waals surface area contributed by atoms with Crippen molar-refractivity contribution in [1.82, 2.24) is 0 Å². The van der Waals surface area contributed by atoms with Crippen LogP contribution in [0.2, 0.25) is 0 Å². The molecule has 19 heavy (non-hydrogen) atoms. The zero-order valence-electron chi connectivity index (χ0n) is 11.2. The first-order valence-electron chi connectivity index (χ1n) is 6.38. The lowest BCUT2D eigenvalue weighted by atomic mass is 10.3.